The second kappa shape index (κ2) is 6.87. The summed E-state index contributed by atoms with van der Waals surface area (Å²) in [7, 11) is 0. The van der Waals surface area contributed by atoms with Crippen LogP contribution in [0.4, 0.5) is 0 Å². The lowest BCUT2D eigenvalue weighted by Gasteiger charge is -2.52. The van der Waals surface area contributed by atoms with E-state index in [2.05, 4.69) is 19.0 Å². The summed E-state index contributed by atoms with van der Waals surface area (Å²) in [6.45, 7) is 5.73. The fourth-order valence-electron chi connectivity index (χ4n) is 6.62. The van der Waals surface area contributed by atoms with E-state index < -0.39 is 0 Å². The normalized spacial score (nSPS) is 45.5. The highest BCUT2D eigenvalue weighted by atomic mass is 16.6. The Morgan fingerprint density at radius 2 is 2.00 bits per heavy atom. The van der Waals surface area contributed by atoms with Crippen LogP contribution < -0.4 is 5.73 Å². The van der Waals surface area contributed by atoms with Crippen molar-refractivity contribution in [3.63, 3.8) is 0 Å². The Morgan fingerprint density at radius 3 is 2.78 bits per heavy atom. The Morgan fingerprint density at radius 1 is 1.19 bits per heavy atom. The molecule has 1 saturated heterocycles. The van der Waals surface area contributed by atoms with Crippen LogP contribution in [0, 0.1) is 34.5 Å². The average Bonchev–Trinajstić information content (AvgIpc) is 2.90. The number of fused-ring (bicyclic) bond motifs is 5. The molecule has 6 atom stereocenters. The molecule has 0 bridgehead atoms. The van der Waals surface area contributed by atoms with Crippen molar-refractivity contribution in [1.82, 2.24) is 0 Å². The summed E-state index contributed by atoms with van der Waals surface area (Å²) in [5.41, 5.74) is 6.11. The number of ether oxygens (including phenoxy) is 1. The Labute approximate surface area is 161 Å². The zero-order valence-corrected chi connectivity index (χ0v) is 16.5. The minimum absolute atomic E-state index is 0.0852. The van der Waals surface area contributed by atoms with E-state index in [9.17, 15) is 9.59 Å². The van der Waals surface area contributed by atoms with Crippen LogP contribution in [0.15, 0.2) is 5.16 Å². The van der Waals surface area contributed by atoms with Gasteiger partial charge in [0.2, 0.25) is 0 Å². The van der Waals surface area contributed by atoms with Crippen LogP contribution in [0.2, 0.25) is 0 Å². The van der Waals surface area contributed by atoms with Crippen molar-refractivity contribution >= 4 is 17.5 Å². The highest BCUT2D eigenvalue weighted by molar-refractivity contribution is 5.90. The number of hydrogen-bond acceptors (Lipinski definition) is 6. The molecule has 1 heterocycles. The van der Waals surface area contributed by atoms with Crippen molar-refractivity contribution in [2.24, 2.45) is 45.4 Å². The number of nitrogens with two attached hydrogens (primary N) is 1. The van der Waals surface area contributed by atoms with Crippen molar-refractivity contribution in [2.75, 3.05) is 19.8 Å². The fraction of sp³-hybridized carbons (Fsp3) is 0.857. The number of rotatable bonds is 3. The van der Waals surface area contributed by atoms with Crippen molar-refractivity contribution in [2.45, 2.75) is 58.8 Å². The van der Waals surface area contributed by atoms with E-state index in [0.717, 1.165) is 37.8 Å². The first kappa shape index (κ1) is 18.9. The second-order valence-corrected chi connectivity index (χ2v) is 9.47. The van der Waals surface area contributed by atoms with E-state index in [4.69, 9.17) is 15.3 Å². The quantitative estimate of drug-likeness (QED) is 0.464. The zero-order chi connectivity index (χ0) is 19.2. The number of cyclic esters (lactones) is 1. The number of carbonyl (C=O) groups excluding carboxylic acids is 2. The average molecular weight is 376 g/mol. The van der Waals surface area contributed by atoms with Gasteiger partial charge in [-0.1, -0.05) is 19.0 Å². The van der Waals surface area contributed by atoms with Crippen LogP contribution >= 0.6 is 0 Å². The standard InChI is InChI=1S/C21H32N2O4/c1-20-7-5-13(23-27-10-9-22)11-17(20)19(25)26-12-14-15-3-4-18(24)21(15,2)8-6-16(14)20/h14-17H,3-12,22H2,1-2H3/b23-13-/t14-,15-,16-,17?,20+,21-/m0/s1. The van der Waals surface area contributed by atoms with Gasteiger partial charge in [-0.15, -0.1) is 0 Å². The third-order valence-corrected chi connectivity index (χ3v) is 8.29. The molecule has 0 amide bonds. The lowest BCUT2D eigenvalue weighted by molar-refractivity contribution is -0.151. The molecule has 0 radical (unpaired) electrons. The maximum atomic E-state index is 12.9. The van der Waals surface area contributed by atoms with Crippen LogP contribution in [0.5, 0.6) is 0 Å². The molecule has 2 N–H and O–H groups in total. The molecule has 3 aliphatic carbocycles. The van der Waals surface area contributed by atoms with E-state index in [1.165, 1.54) is 0 Å². The van der Waals surface area contributed by atoms with Gasteiger partial charge in [0.05, 0.1) is 18.2 Å². The van der Waals surface area contributed by atoms with Crippen molar-refractivity contribution in [3.05, 3.63) is 0 Å². The summed E-state index contributed by atoms with van der Waals surface area (Å²) in [6, 6.07) is 0. The number of Topliss-reactive ketones (excluding diaryl/α,β-unsaturated/α-hetero) is 1. The van der Waals surface area contributed by atoms with Crippen LogP contribution in [0.1, 0.15) is 58.8 Å². The van der Waals surface area contributed by atoms with E-state index >= 15 is 0 Å². The molecule has 1 aliphatic heterocycles. The highest BCUT2D eigenvalue weighted by Crippen LogP contribution is 2.62. The summed E-state index contributed by atoms with van der Waals surface area (Å²) in [4.78, 5) is 30.7. The highest BCUT2D eigenvalue weighted by Gasteiger charge is 2.61. The number of carbonyl (C=O) groups is 2. The van der Waals surface area contributed by atoms with E-state index in [1.807, 2.05) is 0 Å². The zero-order valence-electron chi connectivity index (χ0n) is 16.5. The third kappa shape index (κ3) is 2.91. The smallest absolute Gasteiger partial charge is 0.309 e. The first-order valence-electron chi connectivity index (χ1n) is 10.5. The van der Waals surface area contributed by atoms with Gasteiger partial charge in [-0.25, -0.2) is 0 Å². The van der Waals surface area contributed by atoms with E-state index in [-0.39, 0.29) is 22.7 Å². The molecule has 4 fully saturated rings. The van der Waals surface area contributed by atoms with Crippen LogP contribution in [-0.2, 0) is 19.2 Å². The van der Waals surface area contributed by atoms with Crippen molar-refractivity contribution < 1.29 is 19.2 Å². The van der Waals surface area contributed by atoms with Crippen molar-refractivity contribution in [3.8, 4) is 0 Å². The van der Waals surface area contributed by atoms with Gasteiger partial charge in [0.1, 0.15) is 12.4 Å². The fourth-order valence-corrected chi connectivity index (χ4v) is 6.62. The third-order valence-electron chi connectivity index (χ3n) is 8.29. The molecule has 3 saturated carbocycles. The van der Waals surface area contributed by atoms with E-state index in [1.54, 1.807) is 0 Å². The molecular weight excluding hydrogens is 344 g/mol. The van der Waals surface area contributed by atoms with Gasteiger partial charge in [0.25, 0.3) is 0 Å². The number of hydrogen-bond donors (Lipinski definition) is 1. The Hall–Kier alpha value is -1.43. The molecule has 27 heavy (non-hydrogen) atoms. The van der Waals surface area contributed by atoms with Crippen LogP contribution in [-0.4, -0.2) is 37.2 Å². The van der Waals surface area contributed by atoms with Gasteiger partial charge in [-0.3, -0.25) is 9.59 Å². The minimum Gasteiger partial charge on any atom is -0.465 e. The Balaban J connectivity index is 1.60. The molecule has 4 aliphatic rings. The molecule has 0 aromatic heterocycles. The lowest BCUT2D eigenvalue weighted by atomic mass is 9.50. The molecule has 4 rings (SSSR count). The summed E-state index contributed by atoms with van der Waals surface area (Å²) in [6.07, 6.45) is 6.01. The molecule has 0 aromatic rings. The number of ketones is 1. The van der Waals surface area contributed by atoms with Crippen molar-refractivity contribution in [1.29, 1.82) is 0 Å². The van der Waals surface area contributed by atoms with Crippen LogP contribution in [0.25, 0.3) is 0 Å². The number of oxime groups is 1. The first-order valence-corrected chi connectivity index (χ1v) is 10.5. The van der Waals surface area contributed by atoms with Gasteiger partial charge < -0.3 is 15.3 Å². The molecule has 6 heteroatoms. The predicted octanol–water partition coefficient (Wildman–Crippen LogP) is 2.69. The predicted molar refractivity (Wildman–Crippen MR) is 101 cm³/mol. The Kier molecular flexibility index (Phi) is 4.81. The van der Waals surface area contributed by atoms with Gasteiger partial charge in [0.15, 0.2) is 0 Å². The summed E-state index contributed by atoms with van der Waals surface area (Å²) >= 11 is 0. The first-order chi connectivity index (χ1) is 12.9. The second-order valence-electron chi connectivity index (χ2n) is 9.47. The van der Waals surface area contributed by atoms with Crippen LogP contribution in [0.3, 0.4) is 0 Å². The minimum atomic E-state index is -0.207. The SMILES string of the molecule is C[C@]12CC/C(=N/OCCN)CC1C(=O)OC[C@@H]1[C@@H]2CC[C@]2(C)C(=O)CC[C@@H]12. The number of esters is 1. The van der Waals surface area contributed by atoms with Gasteiger partial charge in [0, 0.05) is 30.7 Å². The topological polar surface area (TPSA) is 91.0 Å². The monoisotopic (exact) mass is 376 g/mol. The van der Waals surface area contributed by atoms with Gasteiger partial charge >= 0.3 is 5.97 Å². The number of nitrogens with zero attached hydrogens (tertiary/aromatic N) is 1. The molecule has 1 unspecified atom stereocenters. The lowest BCUT2D eigenvalue weighted by Crippen LogP contribution is -2.50. The maximum absolute atomic E-state index is 12.9. The van der Waals surface area contributed by atoms with E-state index in [0.29, 0.717) is 56.1 Å². The Bertz CT molecular complexity index is 663. The molecule has 0 aromatic carbocycles. The maximum Gasteiger partial charge on any atom is 0.309 e. The summed E-state index contributed by atoms with van der Waals surface area (Å²) in [5.74, 6) is 1.26. The molecule has 150 valence electrons. The van der Waals surface area contributed by atoms with Gasteiger partial charge in [-0.05, 0) is 49.4 Å². The van der Waals surface area contributed by atoms with Gasteiger partial charge in [-0.2, -0.15) is 0 Å². The molecule has 0 spiro atoms. The largest absolute Gasteiger partial charge is 0.465 e. The molecular formula is C21H32N2O4. The summed E-state index contributed by atoms with van der Waals surface area (Å²) in [5, 5.41) is 4.22. The summed E-state index contributed by atoms with van der Waals surface area (Å²) < 4.78 is 5.80. The molecule has 6 nitrogen and oxygen atoms in total.